The van der Waals surface area contributed by atoms with Gasteiger partial charge in [-0.15, -0.1) is 0 Å². The number of urea groups is 1. The Morgan fingerprint density at radius 1 is 1.48 bits per heavy atom. The first kappa shape index (κ1) is 15.3. The Hall–Kier alpha value is -2.11. The quantitative estimate of drug-likeness (QED) is 0.893. The molecule has 1 heterocycles. The molecule has 5 nitrogen and oxygen atoms in total. The van der Waals surface area contributed by atoms with Crippen molar-refractivity contribution < 1.29 is 14.0 Å². The number of nitrogens with zero attached hydrogens (tertiary/aromatic N) is 1. The van der Waals surface area contributed by atoms with Gasteiger partial charge in [-0.25, -0.2) is 9.18 Å². The van der Waals surface area contributed by atoms with Crippen LogP contribution >= 0.6 is 0 Å². The number of carbonyl (C=O) groups is 2. The van der Waals surface area contributed by atoms with Gasteiger partial charge in [0.25, 0.3) is 0 Å². The molecular weight excluding hydrogens is 273 g/mol. The number of benzene rings is 1. The molecule has 21 heavy (non-hydrogen) atoms. The molecule has 0 spiro atoms. The summed E-state index contributed by atoms with van der Waals surface area (Å²) in [6, 6.07) is 5.05. The number of halogens is 1. The van der Waals surface area contributed by atoms with E-state index in [1.165, 1.54) is 12.1 Å². The molecule has 1 aromatic carbocycles. The second-order valence-electron chi connectivity index (χ2n) is 5.13. The van der Waals surface area contributed by atoms with Gasteiger partial charge in [0.2, 0.25) is 5.91 Å². The SMILES string of the molecule is CC[C@H]1C(=O)NCCN1C(=O)N[C@@H](C)c1ccc(F)cc1. The first-order valence-electron chi connectivity index (χ1n) is 7.13. The highest BCUT2D eigenvalue weighted by Gasteiger charge is 2.32. The minimum Gasteiger partial charge on any atom is -0.353 e. The first-order valence-corrected chi connectivity index (χ1v) is 7.13. The zero-order chi connectivity index (χ0) is 15.4. The third-order valence-electron chi connectivity index (χ3n) is 3.69. The van der Waals surface area contributed by atoms with E-state index < -0.39 is 6.04 Å². The number of hydrogen-bond acceptors (Lipinski definition) is 2. The molecule has 1 aliphatic heterocycles. The molecule has 1 saturated heterocycles. The zero-order valence-corrected chi connectivity index (χ0v) is 12.2. The third-order valence-corrected chi connectivity index (χ3v) is 3.69. The van der Waals surface area contributed by atoms with Gasteiger partial charge in [0.15, 0.2) is 0 Å². The predicted molar refractivity (Wildman–Crippen MR) is 77.1 cm³/mol. The minimum atomic E-state index is -0.431. The van der Waals surface area contributed by atoms with Crippen LogP contribution in [-0.4, -0.2) is 36.0 Å². The first-order chi connectivity index (χ1) is 10.0. The fraction of sp³-hybridized carbons (Fsp3) is 0.467. The summed E-state index contributed by atoms with van der Waals surface area (Å²) in [5.41, 5.74) is 0.819. The van der Waals surface area contributed by atoms with E-state index in [2.05, 4.69) is 10.6 Å². The lowest BCUT2D eigenvalue weighted by Crippen LogP contribution is -2.59. The Morgan fingerprint density at radius 2 is 2.14 bits per heavy atom. The van der Waals surface area contributed by atoms with Gasteiger partial charge in [0.1, 0.15) is 11.9 Å². The molecule has 6 heteroatoms. The molecule has 0 aromatic heterocycles. The molecule has 2 atom stereocenters. The van der Waals surface area contributed by atoms with Gasteiger partial charge in [-0.2, -0.15) is 0 Å². The third kappa shape index (κ3) is 3.51. The molecule has 0 bridgehead atoms. The largest absolute Gasteiger partial charge is 0.353 e. The Bertz CT molecular complexity index is 518. The van der Waals surface area contributed by atoms with Crippen LogP contribution in [0.4, 0.5) is 9.18 Å². The molecule has 3 amide bonds. The molecule has 2 rings (SSSR count). The van der Waals surface area contributed by atoms with Crippen molar-refractivity contribution in [2.75, 3.05) is 13.1 Å². The van der Waals surface area contributed by atoms with Crippen LogP contribution in [0.2, 0.25) is 0 Å². The highest BCUT2D eigenvalue weighted by atomic mass is 19.1. The van der Waals surface area contributed by atoms with Gasteiger partial charge in [-0.05, 0) is 31.0 Å². The van der Waals surface area contributed by atoms with Gasteiger partial charge in [-0.3, -0.25) is 4.79 Å². The number of amides is 3. The van der Waals surface area contributed by atoms with Crippen molar-refractivity contribution in [3.63, 3.8) is 0 Å². The molecule has 0 aliphatic carbocycles. The van der Waals surface area contributed by atoms with Gasteiger partial charge < -0.3 is 15.5 Å². The normalized spacial score (nSPS) is 19.9. The zero-order valence-electron chi connectivity index (χ0n) is 12.2. The van der Waals surface area contributed by atoms with Crippen LogP contribution in [-0.2, 0) is 4.79 Å². The van der Waals surface area contributed by atoms with E-state index in [1.54, 1.807) is 17.0 Å². The molecule has 1 fully saturated rings. The second-order valence-corrected chi connectivity index (χ2v) is 5.13. The molecule has 1 aromatic rings. The average molecular weight is 293 g/mol. The highest BCUT2D eigenvalue weighted by molar-refractivity contribution is 5.88. The van der Waals surface area contributed by atoms with Crippen molar-refractivity contribution in [1.29, 1.82) is 0 Å². The molecule has 2 N–H and O–H groups in total. The van der Waals surface area contributed by atoms with Gasteiger partial charge in [0.05, 0.1) is 6.04 Å². The Balaban J connectivity index is 2.02. The van der Waals surface area contributed by atoms with E-state index in [1.807, 2.05) is 13.8 Å². The van der Waals surface area contributed by atoms with Crippen molar-refractivity contribution in [3.8, 4) is 0 Å². The summed E-state index contributed by atoms with van der Waals surface area (Å²) in [7, 11) is 0. The maximum absolute atomic E-state index is 12.9. The second kappa shape index (κ2) is 6.56. The van der Waals surface area contributed by atoms with Crippen molar-refractivity contribution >= 4 is 11.9 Å². The molecular formula is C15H20FN3O2. The van der Waals surface area contributed by atoms with Crippen LogP contribution in [0.5, 0.6) is 0 Å². The predicted octanol–water partition coefficient (Wildman–Crippen LogP) is 1.81. The van der Waals surface area contributed by atoms with Crippen molar-refractivity contribution in [3.05, 3.63) is 35.6 Å². The van der Waals surface area contributed by atoms with E-state index >= 15 is 0 Å². The molecule has 1 aliphatic rings. The summed E-state index contributed by atoms with van der Waals surface area (Å²) < 4.78 is 12.9. The van der Waals surface area contributed by atoms with E-state index in [0.717, 1.165) is 5.56 Å². The topological polar surface area (TPSA) is 61.4 Å². The molecule has 0 saturated carbocycles. The van der Waals surface area contributed by atoms with Crippen LogP contribution in [0.15, 0.2) is 24.3 Å². The highest BCUT2D eigenvalue weighted by Crippen LogP contribution is 2.15. The maximum atomic E-state index is 12.9. The number of rotatable bonds is 3. The van der Waals surface area contributed by atoms with E-state index in [0.29, 0.717) is 19.5 Å². The van der Waals surface area contributed by atoms with Crippen LogP contribution in [0.25, 0.3) is 0 Å². The Labute approximate surface area is 123 Å². The van der Waals surface area contributed by atoms with E-state index in [-0.39, 0.29) is 23.8 Å². The number of carbonyl (C=O) groups excluding carboxylic acids is 2. The lowest BCUT2D eigenvalue weighted by Gasteiger charge is -2.35. The number of piperazine rings is 1. The molecule has 0 unspecified atom stereocenters. The standard InChI is InChI=1S/C15H20FN3O2/c1-3-13-14(20)17-8-9-19(13)15(21)18-10(2)11-4-6-12(16)7-5-11/h4-7,10,13H,3,8-9H2,1-2H3,(H,17,20)(H,18,21)/t10-,13-/m0/s1. The fourth-order valence-corrected chi connectivity index (χ4v) is 2.47. The van der Waals surface area contributed by atoms with Crippen molar-refractivity contribution in [2.45, 2.75) is 32.4 Å². The van der Waals surface area contributed by atoms with Crippen molar-refractivity contribution in [1.82, 2.24) is 15.5 Å². The smallest absolute Gasteiger partial charge is 0.318 e. The molecule has 0 radical (unpaired) electrons. The van der Waals surface area contributed by atoms with Crippen LogP contribution < -0.4 is 10.6 Å². The fourth-order valence-electron chi connectivity index (χ4n) is 2.47. The summed E-state index contributed by atoms with van der Waals surface area (Å²) in [6.07, 6.45) is 0.574. The maximum Gasteiger partial charge on any atom is 0.318 e. The summed E-state index contributed by atoms with van der Waals surface area (Å²) in [5.74, 6) is -0.427. The Kier molecular flexibility index (Phi) is 4.77. The summed E-state index contributed by atoms with van der Waals surface area (Å²) in [6.45, 7) is 4.66. The summed E-state index contributed by atoms with van der Waals surface area (Å²) >= 11 is 0. The van der Waals surface area contributed by atoms with Crippen LogP contribution in [0.3, 0.4) is 0 Å². The summed E-state index contributed by atoms with van der Waals surface area (Å²) in [5, 5.41) is 5.61. The van der Waals surface area contributed by atoms with Crippen molar-refractivity contribution in [2.24, 2.45) is 0 Å². The van der Waals surface area contributed by atoms with Gasteiger partial charge >= 0.3 is 6.03 Å². The monoisotopic (exact) mass is 293 g/mol. The van der Waals surface area contributed by atoms with Gasteiger partial charge in [0, 0.05) is 13.1 Å². The van der Waals surface area contributed by atoms with Crippen LogP contribution in [0.1, 0.15) is 31.9 Å². The average Bonchev–Trinajstić information content (AvgIpc) is 2.47. The number of nitrogens with one attached hydrogen (secondary N) is 2. The van der Waals surface area contributed by atoms with E-state index in [9.17, 15) is 14.0 Å². The minimum absolute atomic E-state index is 0.117. The lowest BCUT2D eigenvalue weighted by atomic mass is 10.1. The molecule has 114 valence electrons. The summed E-state index contributed by atoms with van der Waals surface area (Å²) in [4.78, 5) is 25.6. The lowest BCUT2D eigenvalue weighted by molar-refractivity contribution is -0.127. The van der Waals surface area contributed by atoms with Crippen LogP contribution in [0, 0.1) is 5.82 Å². The van der Waals surface area contributed by atoms with E-state index in [4.69, 9.17) is 0 Å². The number of hydrogen-bond donors (Lipinski definition) is 2. The van der Waals surface area contributed by atoms with Gasteiger partial charge in [-0.1, -0.05) is 19.1 Å². The Morgan fingerprint density at radius 3 is 2.76 bits per heavy atom.